The van der Waals surface area contributed by atoms with Crippen molar-refractivity contribution < 1.29 is 9.59 Å². The van der Waals surface area contributed by atoms with Crippen LogP contribution >= 0.6 is 0 Å². The van der Waals surface area contributed by atoms with Gasteiger partial charge >= 0.3 is 0 Å². The molecule has 1 aromatic heterocycles. The molecule has 3 heterocycles. The van der Waals surface area contributed by atoms with Crippen LogP contribution in [-0.4, -0.2) is 57.8 Å². The second-order valence-electron chi connectivity index (χ2n) is 8.35. The Morgan fingerprint density at radius 3 is 2.85 bits per heavy atom. The number of carbonyl (C=O) groups excluding carboxylic acids is 2. The zero-order chi connectivity index (χ0) is 18.7. The third-order valence-corrected chi connectivity index (χ3v) is 5.82. The summed E-state index contributed by atoms with van der Waals surface area (Å²) in [4.78, 5) is 37.5. The lowest BCUT2D eigenvalue weighted by Gasteiger charge is -2.48. The van der Waals surface area contributed by atoms with Gasteiger partial charge in [0, 0.05) is 44.2 Å². The van der Waals surface area contributed by atoms with Crippen LogP contribution in [0.15, 0.2) is 12.5 Å². The van der Waals surface area contributed by atoms with Crippen LogP contribution in [0.1, 0.15) is 62.0 Å². The van der Waals surface area contributed by atoms with E-state index in [1.54, 1.807) is 6.20 Å². The van der Waals surface area contributed by atoms with Crippen molar-refractivity contribution in [1.29, 1.82) is 0 Å². The van der Waals surface area contributed by atoms with Crippen LogP contribution in [0.5, 0.6) is 0 Å². The Bertz CT molecular complexity index is 676. The maximum Gasteiger partial charge on any atom is 0.257 e. The standard InChI is InChI=1S/C20H30N4O2/c1-15(2)6-10-23-12-20(8-5-18(23)25)7-4-9-24(13-20)19(26)17-11-21-14-22-16(17)3/h11,14-15H,4-10,12-13H2,1-3H3. The second-order valence-corrected chi connectivity index (χ2v) is 8.35. The van der Waals surface area contributed by atoms with E-state index < -0.39 is 0 Å². The molecule has 2 aliphatic heterocycles. The van der Waals surface area contributed by atoms with Gasteiger partial charge in [0.15, 0.2) is 0 Å². The van der Waals surface area contributed by atoms with E-state index in [0.29, 0.717) is 17.9 Å². The Morgan fingerprint density at radius 2 is 2.12 bits per heavy atom. The van der Waals surface area contributed by atoms with Gasteiger partial charge < -0.3 is 9.80 Å². The summed E-state index contributed by atoms with van der Waals surface area (Å²) >= 11 is 0. The first-order valence-corrected chi connectivity index (χ1v) is 9.74. The normalized spacial score (nSPS) is 23.8. The Labute approximate surface area is 156 Å². The molecule has 0 N–H and O–H groups in total. The van der Waals surface area contributed by atoms with E-state index in [2.05, 4.69) is 23.8 Å². The molecule has 1 atom stereocenters. The largest absolute Gasteiger partial charge is 0.342 e. The second kappa shape index (κ2) is 7.72. The van der Waals surface area contributed by atoms with Crippen molar-refractivity contribution in [3.63, 3.8) is 0 Å². The number of carbonyl (C=O) groups is 2. The van der Waals surface area contributed by atoms with Gasteiger partial charge in [-0.25, -0.2) is 9.97 Å². The minimum atomic E-state index is 0.0211. The van der Waals surface area contributed by atoms with E-state index in [9.17, 15) is 9.59 Å². The highest BCUT2D eigenvalue weighted by Gasteiger charge is 2.42. The van der Waals surface area contributed by atoms with Crippen molar-refractivity contribution in [2.24, 2.45) is 11.3 Å². The molecule has 1 aromatic rings. The number of aryl methyl sites for hydroxylation is 1. The van der Waals surface area contributed by atoms with E-state index in [0.717, 1.165) is 57.6 Å². The first kappa shape index (κ1) is 18.8. The molecule has 2 aliphatic rings. The molecule has 2 fully saturated rings. The number of hydrogen-bond donors (Lipinski definition) is 0. The summed E-state index contributed by atoms with van der Waals surface area (Å²) in [5.74, 6) is 0.881. The van der Waals surface area contributed by atoms with Gasteiger partial charge in [0.25, 0.3) is 5.91 Å². The summed E-state index contributed by atoms with van der Waals surface area (Å²) in [6, 6.07) is 0. The lowest BCUT2D eigenvalue weighted by molar-refractivity contribution is -0.139. The van der Waals surface area contributed by atoms with E-state index in [4.69, 9.17) is 0 Å². The summed E-state index contributed by atoms with van der Waals surface area (Å²) in [6.45, 7) is 9.34. The number of rotatable bonds is 4. The van der Waals surface area contributed by atoms with E-state index in [1.165, 1.54) is 6.33 Å². The quantitative estimate of drug-likeness (QED) is 0.830. The molecule has 0 radical (unpaired) electrons. The summed E-state index contributed by atoms with van der Waals surface area (Å²) < 4.78 is 0. The lowest BCUT2D eigenvalue weighted by Crippen LogP contribution is -2.55. The number of hydrogen-bond acceptors (Lipinski definition) is 4. The fourth-order valence-corrected chi connectivity index (χ4v) is 4.21. The molecule has 2 saturated heterocycles. The van der Waals surface area contributed by atoms with Crippen molar-refractivity contribution in [2.45, 2.75) is 52.9 Å². The SMILES string of the molecule is Cc1ncncc1C(=O)N1CCCC2(CCC(=O)N(CCC(C)C)C2)C1. The average Bonchev–Trinajstić information content (AvgIpc) is 2.63. The van der Waals surface area contributed by atoms with E-state index >= 15 is 0 Å². The molecule has 2 amide bonds. The fourth-order valence-electron chi connectivity index (χ4n) is 4.21. The molecule has 0 bridgehead atoms. The van der Waals surface area contributed by atoms with Crippen molar-refractivity contribution in [2.75, 3.05) is 26.2 Å². The van der Waals surface area contributed by atoms with Gasteiger partial charge in [0.1, 0.15) is 6.33 Å². The van der Waals surface area contributed by atoms with E-state index in [-0.39, 0.29) is 17.2 Å². The topological polar surface area (TPSA) is 66.4 Å². The predicted octanol–water partition coefficient (Wildman–Crippen LogP) is 2.68. The van der Waals surface area contributed by atoms with Crippen molar-refractivity contribution in [3.05, 3.63) is 23.8 Å². The summed E-state index contributed by atoms with van der Waals surface area (Å²) in [5.41, 5.74) is 1.36. The van der Waals surface area contributed by atoms with Gasteiger partial charge in [-0.1, -0.05) is 13.8 Å². The Hall–Kier alpha value is -1.98. The summed E-state index contributed by atoms with van der Waals surface area (Å²) in [6.07, 6.45) is 7.70. The van der Waals surface area contributed by atoms with Crippen molar-refractivity contribution in [1.82, 2.24) is 19.8 Å². The van der Waals surface area contributed by atoms with Gasteiger partial charge in [-0.3, -0.25) is 9.59 Å². The van der Waals surface area contributed by atoms with Gasteiger partial charge in [-0.15, -0.1) is 0 Å². The lowest BCUT2D eigenvalue weighted by atomic mass is 9.73. The predicted molar refractivity (Wildman–Crippen MR) is 99.6 cm³/mol. The van der Waals surface area contributed by atoms with Crippen LogP contribution in [0.3, 0.4) is 0 Å². The zero-order valence-corrected chi connectivity index (χ0v) is 16.2. The molecule has 6 heteroatoms. The van der Waals surface area contributed by atoms with Gasteiger partial charge in [0.2, 0.25) is 5.91 Å². The monoisotopic (exact) mass is 358 g/mol. The van der Waals surface area contributed by atoms with Crippen LogP contribution in [0.4, 0.5) is 0 Å². The smallest absolute Gasteiger partial charge is 0.257 e. The average molecular weight is 358 g/mol. The number of aromatic nitrogens is 2. The van der Waals surface area contributed by atoms with Gasteiger partial charge in [-0.2, -0.15) is 0 Å². The first-order chi connectivity index (χ1) is 12.4. The minimum absolute atomic E-state index is 0.0211. The van der Waals surface area contributed by atoms with Crippen LogP contribution in [-0.2, 0) is 4.79 Å². The minimum Gasteiger partial charge on any atom is -0.342 e. The fraction of sp³-hybridized carbons (Fsp3) is 0.700. The summed E-state index contributed by atoms with van der Waals surface area (Å²) in [7, 11) is 0. The molecule has 0 saturated carbocycles. The molecule has 3 rings (SSSR count). The number of amides is 2. The van der Waals surface area contributed by atoms with Crippen LogP contribution in [0, 0.1) is 18.3 Å². The summed E-state index contributed by atoms with van der Waals surface area (Å²) in [5, 5.41) is 0. The first-order valence-electron chi connectivity index (χ1n) is 9.74. The molecule has 0 aromatic carbocycles. The molecule has 142 valence electrons. The van der Waals surface area contributed by atoms with Crippen molar-refractivity contribution >= 4 is 11.8 Å². The molecule has 0 aliphatic carbocycles. The molecule has 1 spiro atoms. The van der Waals surface area contributed by atoms with Crippen LogP contribution in [0.2, 0.25) is 0 Å². The molecular weight excluding hydrogens is 328 g/mol. The maximum atomic E-state index is 13.0. The molecule has 1 unspecified atom stereocenters. The Balaban J connectivity index is 1.71. The maximum absolute atomic E-state index is 13.0. The van der Waals surface area contributed by atoms with Crippen molar-refractivity contribution in [3.8, 4) is 0 Å². The van der Waals surface area contributed by atoms with Gasteiger partial charge in [-0.05, 0) is 38.5 Å². The molecular formula is C20H30N4O2. The third kappa shape index (κ3) is 4.05. The van der Waals surface area contributed by atoms with Crippen LogP contribution in [0.25, 0.3) is 0 Å². The highest BCUT2D eigenvalue weighted by atomic mass is 16.2. The highest BCUT2D eigenvalue weighted by Crippen LogP contribution is 2.39. The molecule has 26 heavy (non-hydrogen) atoms. The Kier molecular flexibility index (Phi) is 5.58. The molecule has 6 nitrogen and oxygen atoms in total. The van der Waals surface area contributed by atoms with Gasteiger partial charge in [0.05, 0.1) is 11.3 Å². The highest BCUT2D eigenvalue weighted by molar-refractivity contribution is 5.95. The number of likely N-dealkylation sites (tertiary alicyclic amines) is 2. The third-order valence-electron chi connectivity index (χ3n) is 5.82. The van der Waals surface area contributed by atoms with E-state index in [1.807, 2.05) is 16.7 Å². The zero-order valence-electron chi connectivity index (χ0n) is 16.2. The number of nitrogens with zero attached hydrogens (tertiary/aromatic N) is 4. The Morgan fingerprint density at radius 1 is 1.31 bits per heavy atom. The number of piperidine rings is 2. The van der Waals surface area contributed by atoms with Crippen LogP contribution < -0.4 is 0 Å².